The van der Waals surface area contributed by atoms with E-state index in [1.165, 1.54) is 5.56 Å². The third-order valence-electron chi connectivity index (χ3n) is 6.93. The first-order valence-electron chi connectivity index (χ1n) is 12.6. The highest BCUT2D eigenvalue weighted by Gasteiger charge is 2.30. The van der Waals surface area contributed by atoms with E-state index < -0.39 is 0 Å². The maximum atomic E-state index is 13.4. The Labute approximate surface area is 217 Å². The van der Waals surface area contributed by atoms with Crippen molar-refractivity contribution in [2.45, 2.75) is 31.3 Å². The molecule has 0 fully saturated rings. The Morgan fingerprint density at radius 3 is 2.70 bits per heavy atom. The van der Waals surface area contributed by atoms with Crippen molar-refractivity contribution in [1.82, 2.24) is 15.6 Å². The lowest BCUT2D eigenvalue weighted by molar-refractivity contribution is -0.121. The average molecular weight is 494 g/mol. The first-order valence-corrected chi connectivity index (χ1v) is 12.6. The fourth-order valence-corrected chi connectivity index (χ4v) is 5.00. The van der Waals surface area contributed by atoms with Crippen LogP contribution in [0.15, 0.2) is 109 Å². The van der Waals surface area contributed by atoms with E-state index >= 15 is 0 Å². The molecule has 1 aliphatic heterocycles. The predicted octanol–water partition coefficient (Wildman–Crippen LogP) is 5.42. The molecule has 2 heterocycles. The summed E-state index contributed by atoms with van der Waals surface area (Å²) in [5.41, 5.74) is 5.01. The van der Waals surface area contributed by atoms with Gasteiger partial charge in [0, 0.05) is 24.1 Å². The predicted molar refractivity (Wildman–Crippen MR) is 145 cm³/mol. The number of carbonyl (C=O) groups excluding carboxylic acids is 1. The lowest BCUT2D eigenvalue weighted by Crippen LogP contribution is -2.31. The number of fused-ring (bicyclic) bond motifs is 1. The molecule has 0 saturated heterocycles. The van der Waals surface area contributed by atoms with Crippen LogP contribution in [0.1, 0.15) is 30.1 Å². The summed E-state index contributed by atoms with van der Waals surface area (Å²) in [6.45, 7) is 0. The van der Waals surface area contributed by atoms with Crippen molar-refractivity contribution in [1.29, 1.82) is 0 Å². The topological polar surface area (TPSA) is 83.5 Å². The quantitative estimate of drug-likeness (QED) is 0.371. The molecule has 6 nitrogen and oxygen atoms in total. The highest BCUT2D eigenvalue weighted by Crippen LogP contribution is 2.32. The van der Waals surface area contributed by atoms with Gasteiger partial charge >= 0.3 is 0 Å². The van der Waals surface area contributed by atoms with Crippen molar-refractivity contribution < 1.29 is 14.6 Å². The summed E-state index contributed by atoms with van der Waals surface area (Å²) in [7, 11) is 1.65. The number of carbonyl (C=O) groups is 1. The lowest BCUT2D eigenvalue weighted by atomic mass is 9.89. The zero-order valence-electron chi connectivity index (χ0n) is 20.8. The number of aryl methyl sites for hydroxylation is 1. The molecule has 188 valence electrons. The molecule has 2 aromatic carbocycles. The molecule has 0 saturated carbocycles. The molecule has 3 aromatic rings. The molecule has 0 spiro atoms. The second kappa shape index (κ2) is 11.2. The minimum atomic E-state index is -0.271. The summed E-state index contributed by atoms with van der Waals surface area (Å²) in [5.74, 6) is 0.927. The number of ether oxygens (including phenoxy) is 1. The lowest BCUT2D eigenvalue weighted by Gasteiger charge is -2.23. The first kappa shape index (κ1) is 24.4. The largest absolute Gasteiger partial charge is 0.508 e. The summed E-state index contributed by atoms with van der Waals surface area (Å²) in [6.07, 6.45) is 10.9. The molecular weight excluding hydrogens is 462 g/mol. The molecule has 3 N–H and O–H groups in total. The molecule has 1 aliphatic carbocycles. The van der Waals surface area contributed by atoms with Gasteiger partial charge in [-0.15, -0.1) is 0 Å². The van der Waals surface area contributed by atoms with Crippen LogP contribution in [0, 0.1) is 5.92 Å². The van der Waals surface area contributed by atoms with E-state index in [0.29, 0.717) is 6.42 Å². The van der Waals surface area contributed by atoms with Gasteiger partial charge in [-0.2, -0.15) is 0 Å². The second-order valence-electron chi connectivity index (χ2n) is 9.37. The molecule has 0 bridgehead atoms. The molecule has 3 atom stereocenters. The van der Waals surface area contributed by atoms with Crippen LogP contribution < -0.4 is 15.4 Å². The minimum Gasteiger partial charge on any atom is -0.508 e. The van der Waals surface area contributed by atoms with Crippen LogP contribution >= 0.6 is 0 Å². The van der Waals surface area contributed by atoms with Gasteiger partial charge in [-0.05, 0) is 66.1 Å². The van der Waals surface area contributed by atoms with Gasteiger partial charge in [0.2, 0.25) is 5.91 Å². The van der Waals surface area contributed by atoms with Gasteiger partial charge < -0.3 is 20.5 Å². The molecule has 2 aliphatic rings. The van der Waals surface area contributed by atoms with Gasteiger partial charge in [0.1, 0.15) is 11.5 Å². The van der Waals surface area contributed by atoms with Crippen molar-refractivity contribution in [3.05, 3.63) is 120 Å². The van der Waals surface area contributed by atoms with Crippen molar-refractivity contribution in [3.8, 4) is 16.9 Å². The van der Waals surface area contributed by atoms with Crippen molar-refractivity contribution in [3.63, 3.8) is 0 Å². The van der Waals surface area contributed by atoms with Crippen molar-refractivity contribution >= 4 is 5.91 Å². The van der Waals surface area contributed by atoms with Crippen LogP contribution in [0.5, 0.6) is 5.75 Å². The number of methoxy groups -OCH3 is 1. The van der Waals surface area contributed by atoms with Gasteiger partial charge in [-0.3, -0.25) is 9.78 Å². The molecule has 37 heavy (non-hydrogen) atoms. The van der Waals surface area contributed by atoms with E-state index in [4.69, 9.17) is 9.72 Å². The van der Waals surface area contributed by atoms with Crippen LogP contribution in [-0.2, 0) is 11.2 Å². The fraction of sp³-hybridized carbons (Fsp3) is 0.226. The van der Waals surface area contributed by atoms with Gasteiger partial charge in [-0.1, -0.05) is 54.6 Å². The monoisotopic (exact) mass is 493 g/mol. The Morgan fingerprint density at radius 2 is 1.92 bits per heavy atom. The van der Waals surface area contributed by atoms with Crippen LogP contribution in [0.25, 0.3) is 11.1 Å². The van der Waals surface area contributed by atoms with E-state index in [2.05, 4.69) is 22.8 Å². The molecule has 1 aromatic heterocycles. The van der Waals surface area contributed by atoms with E-state index in [-0.39, 0.29) is 36.1 Å². The van der Waals surface area contributed by atoms with Crippen molar-refractivity contribution in [2.24, 2.45) is 5.92 Å². The normalized spacial score (nSPS) is 18.7. The Kier molecular flexibility index (Phi) is 7.36. The summed E-state index contributed by atoms with van der Waals surface area (Å²) >= 11 is 0. The maximum Gasteiger partial charge on any atom is 0.224 e. The van der Waals surface area contributed by atoms with Gasteiger partial charge in [-0.25, -0.2) is 0 Å². The second-order valence-corrected chi connectivity index (χ2v) is 9.37. The molecule has 3 unspecified atom stereocenters. The number of amides is 1. The zero-order chi connectivity index (χ0) is 25.6. The number of aliphatic hydroxyl groups excluding tert-OH is 1. The number of nitrogens with zero attached hydrogens (tertiary/aromatic N) is 1. The number of benzene rings is 2. The highest BCUT2D eigenvalue weighted by molar-refractivity contribution is 5.80. The van der Waals surface area contributed by atoms with Crippen LogP contribution in [-0.4, -0.2) is 29.1 Å². The number of aliphatic hydroxyl groups is 1. The van der Waals surface area contributed by atoms with Gasteiger partial charge in [0.15, 0.2) is 0 Å². The number of hydrogen-bond donors (Lipinski definition) is 3. The van der Waals surface area contributed by atoms with Crippen LogP contribution in [0.2, 0.25) is 0 Å². The van der Waals surface area contributed by atoms with Crippen LogP contribution in [0.4, 0.5) is 0 Å². The smallest absolute Gasteiger partial charge is 0.224 e. The Balaban J connectivity index is 1.38. The van der Waals surface area contributed by atoms with E-state index in [1.807, 2.05) is 66.9 Å². The molecule has 5 rings (SSSR count). The van der Waals surface area contributed by atoms with Gasteiger partial charge in [0.05, 0.1) is 24.9 Å². The highest BCUT2D eigenvalue weighted by atomic mass is 16.5. The minimum absolute atomic E-state index is 0.0248. The van der Waals surface area contributed by atoms with Crippen LogP contribution in [0.3, 0.4) is 0 Å². The van der Waals surface area contributed by atoms with Crippen molar-refractivity contribution in [2.75, 3.05) is 7.11 Å². The summed E-state index contributed by atoms with van der Waals surface area (Å²) in [4.78, 5) is 18.1. The number of hydrogen-bond acceptors (Lipinski definition) is 5. The SMILES string of the molecule is COc1ccc(-c2cccnc2C(CCc2ccccc2)NC(=O)CC2=CNC3C=CC(O)=CC23)cc1. The average Bonchev–Trinajstić information content (AvgIpc) is 3.33. The Bertz CT molecular complexity index is 1330. The summed E-state index contributed by atoms with van der Waals surface area (Å²) in [6, 6.07) is 21.9. The molecular formula is C31H31N3O3. The number of rotatable bonds is 9. The fourth-order valence-electron chi connectivity index (χ4n) is 5.00. The van der Waals surface area contributed by atoms with E-state index in [9.17, 15) is 9.90 Å². The number of pyridine rings is 1. The number of nitrogens with one attached hydrogen (secondary N) is 2. The Hall–Kier alpha value is -4.32. The molecule has 6 heteroatoms. The number of allylic oxidation sites excluding steroid dienone is 1. The maximum absolute atomic E-state index is 13.4. The molecule has 0 radical (unpaired) electrons. The number of aromatic nitrogens is 1. The molecule has 1 amide bonds. The van der Waals surface area contributed by atoms with E-state index in [0.717, 1.165) is 34.6 Å². The third-order valence-corrected chi connectivity index (χ3v) is 6.93. The van der Waals surface area contributed by atoms with Gasteiger partial charge in [0.25, 0.3) is 0 Å². The zero-order valence-corrected chi connectivity index (χ0v) is 20.8. The van der Waals surface area contributed by atoms with E-state index in [1.54, 1.807) is 25.5 Å². The summed E-state index contributed by atoms with van der Waals surface area (Å²) < 4.78 is 5.32. The standard InChI is InChI=1S/C31H31N3O3/c1-37-25-13-10-22(11-14-25)26-8-5-17-32-31(26)29(15-9-21-6-3-2-4-7-21)34-30(36)18-23-20-33-28-16-12-24(35)19-27(23)28/h2-8,10-14,16-17,19-20,27-29,33,35H,9,15,18H2,1H3,(H,34,36). The Morgan fingerprint density at radius 1 is 1.11 bits per heavy atom. The third kappa shape index (κ3) is 5.75. The summed E-state index contributed by atoms with van der Waals surface area (Å²) in [5, 5.41) is 16.5. The first-order chi connectivity index (χ1) is 18.1.